The second-order valence-electron chi connectivity index (χ2n) is 5.25. The van der Waals surface area contributed by atoms with Crippen LogP contribution in [0.2, 0.25) is 0 Å². The van der Waals surface area contributed by atoms with Crippen molar-refractivity contribution in [2.45, 2.75) is 33.4 Å². The minimum atomic E-state index is -0.776. The monoisotopic (exact) mass is 275 g/mol. The number of rotatable bonds is 4. The van der Waals surface area contributed by atoms with Gasteiger partial charge in [-0.3, -0.25) is 0 Å². The molecule has 1 nitrogen and oxygen atoms in total. The van der Waals surface area contributed by atoms with E-state index in [1.807, 2.05) is 24.3 Å². The normalized spacial score (nSPS) is 11.1. The average molecular weight is 275 g/mol. The van der Waals surface area contributed by atoms with Crippen molar-refractivity contribution in [2.75, 3.05) is 0 Å². The molecule has 2 aromatic rings. The number of nitrogens with one attached hydrogen (secondary N) is 1. The number of hydrogen-bond acceptors (Lipinski definition) is 1. The molecule has 0 saturated carbocycles. The summed E-state index contributed by atoms with van der Waals surface area (Å²) < 4.78 is 27.9. The molecular weight excluding hydrogens is 256 g/mol. The molecule has 0 amide bonds. The lowest BCUT2D eigenvalue weighted by molar-refractivity contribution is 0.505. The Kier molecular flexibility index (Phi) is 4.50. The number of benzene rings is 2. The van der Waals surface area contributed by atoms with E-state index in [-0.39, 0.29) is 0 Å². The van der Waals surface area contributed by atoms with Crippen LogP contribution in [0, 0.1) is 18.6 Å². The fourth-order valence-electron chi connectivity index (χ4n) is 2.11. The Hall–Kier alpha value is -1.74. The van der Waals surface area contributed by atoms with Gasteiger partial charge in [0.05, 0.1) is 0 Å². The fourth-order valence-corrected chi connectivity index (χ4v) is 2.11. The first kappa shape index (κ1) is 14.7. The van der Waals surface area contributed by atoms with Crippen LogP contribution in [0.4, 0.5) is 8.78 Å². The van der Waals surface area contributed by atoms with Crippen LogP contribution in [0.25, 0.3) is 11.1 Å². The first-order valence-corrected chi connectivity index (χ1v) is 6.77. The van der Waals surface area contributed by atoms with Crippen LogP contribution in [0.15, 0.2) is 36.4 Å². The van der Waals surface area contributed by atoms with Gasteiger partial charge in [-0.05, 0) is 23.6 Å². The molecule has 20 heavy (non-hydrogen) atoms. The van der Waals surface area contributed by atoms with Crippen molar-refractivity contribution in [1.82, 2.24) is 5.32 Å². The molecule has 0 unspecified atom stereocenters. The van der Waals surface area contributed by atoms with Gasteiger partial charge in [0.1, 0.15) is 0 Å². The van der Waals surface area contributed by atoms with Crippen molar-refractivity contribution in [3.05, 3.63) is 59.2 Å². The van der Waals surface area contributed by atoms with E-state index in [0.717, 1.165) is 11.1 Å². The van der Waals surface area contributed by atoms with E-state index in [9.17, 15) is 8.78 Å². The predicted octanol–water partition coefficient (Wildman–Crippen LogP) is 4.44. The van der Waals surface area contributed by atoms with E-state index in [1.165, 1.54) is 0 Å². The molecule has 1 N–H and O–H groups in total. The van der Waals surface area contributed by atoms with Gasteiger partial charge in [-0.2, -0.15) is 0 Å². The van der Waals surface area contributed by atoms with Crippen molar-refractivity contribution in [1.29, 1.82) is 0 Å². The zero-order valence-electron chi connectivity index (χ0n) is 12.0. The molecule has 0 aliphatic carbocycles. The quantitative estimate of drug-likeness (QED) is 0.870. The van der Waals surface area contributed by atoms with Crippen LogP contribution in [0.3, 0.4) is 0 Å². The molecule has 0 heterocycles. The Balaban J connectivity index is 2.45. The number of halogens is 2. The summed E-state index contributed by atoms with van der Waals surface area (Å²) in [6.45, 7) is 6.29. The van der Waals surface area contributed by atoms with Gasteiger partial charge in [0.15, 0.2) is 11.6 Å². The minimum Gasteiger partial charge on any atom is -0.310 e. The highest BCUT2D eigenvalue weighted by Crippen LogP contribution is 2.29. The molecular formula is C17H19F2N. The summed E-state index contributed by atoms with van der Waals surface area (Å²) >= 11 is 0. The van der Waals surface area contributed by atoms with Crippen molar-refractivity contribution in [3.8, 4) is 11.1 Å². The topological polar surface area (TPSA) is 12.0 Å². The lowest BCUT2D eigenvalue weighted by Crippen LogP contribution is -2.22. The van der Waals surface area contributed by atoms with Crippen LogP contribution >= 0.6 is 0 Å². The first-order valence-electron chi connectivity index (χ1n) is 6.77. The molecule has 3 heteroatoms. The first-order chi connectivity index (χ1) is 9.50. The summed E-state index contributed by atoms with van der Waals surface area (Å²) in [5, 5.41) is 3.30. The molecule has 106 valence electrons. The summed E-state index contributed by atoms with van der Waals surface area (Å²) in [6, 6.07) is 11.1. The number of aryl methyl sites for hydroxylation is 1. The largest absolute Gasteiger partial charge is 0.310 e. The molecule has 0 spiro atoms. The van der Waals surface area contributed by atoms with Gasteiger partial charge in [0, 0.05) is 18.2 Å². The molecule has 0 aliphatic heterocycles. The number of hydrogen-bond donors (Lipinski definition) is 1. The van der Waals surface area contributed by atoms with Crippen molar-refractivity contribution >= 4 is 0 Å². The van der Waals surface area contributed by atoms with Gasteiger partial charge in [-0.15, -0.1) is 0 Å². The van der Waals surface area contributed by atoms with Gasteiger partial charge < -0.3 is 5.32 Å². The molecule has 0 aromatic heterocycles. The Morgan fingerprint density at radius 1 is 0.950 bits per heavy atom. The van der Waals surface area contributed by atoms with Crippen LogP contribution in [0.1, 0.15) is 25.0 Å². The third-order valence-electron chi connectivity index (χ3n) is 3.28. The Morgan fingerprint density at radius 3 is 2.35 bits per heavy atom. The van der Waals surface area contributed by atoms with Crippen LogP contribution in [-0.4, -0.2) is 6.04 Å². The highest BCUT2D eigenvalue weighted by atomic mass is 19.2. The minimum absolute atomic E-state index is 0.314. The third-order valence-corrected chi connectivity index (χ3v) is 3.28. The molecule has 2 aromatic carbocycles. The smallest absolute Gasteiger partial charge is 0.166 e. The van der Waals surface area contributed by atoms with Crippen molar-refractivity contribution < 1.29 is 8.78 Å². The second kappa shape index (κ2) is 6.14. The maximum absolute atomic E-state index is 14.1. The van der Waals surface area contributed by atoms with Crippen LogP contribution in [-0.2, 0) is 6.54 Å². The van der Waals surface area contributed by atoms with Crippen molar-refractivity contribution in [3.63, 3.8) is 0 Å². The van der Waals surface area contributed by atoms with E-state index in [0.29, 0.717) is 23.7 Å². The lowest BCUT2D eigenvalue weighted by Gasteiger charge is -2.14. The molecule has 0 saturated heterocycles. The van der Waals surface area contributed by atoms with E-state index in [4.69, 9.17) is 0 Å². The zero-order valence-corrected chi connectivity index (χ0v) is 12.0. The average Bonchev–Trinajstić information content (AvgIpc) is 2.43. The van der Waals surface area contributed by atoms with Gasteiger partial charge in [0.25, 0.3) is 0 Å². The van der Waals surface area contributed by atoms with Gasteiger partial charge in [0.2, 0.25) is 0 Å². The van der Waals surface area contributed by atoms with Crippen LogP contribution < -0.4 is 5.32 Å². The SMILES string of the molecule is Cc1ccc(-c2ccccc2CNC(C)C)c(F)c1F. The third kappa shape index (κ3) is 3.05. The summed E-state index contributed by atoms with van der Waals surface area (Å²) in [5.74, 6) is -1.55. The molecule has 0 aliphatic rings. The van der Waals surface area contributed by atoms with Gasteiger partial charge >= 0.3 is 0 Å². The Morgan fingerprint density at radius 2 is 1.65 bits per heavy atom. The van der Waals surface area contributed by atoms with E-state index in [1.54, 1.807) is 19.1 Å². The second-order valence-corrected chi connectivity index (χ2v) is 5.25. The van der Waals surface area contributed by atoms with Crippen LogP contribution in [0.5, 0.6) is 0 Å². The molecule has 0 fully saturated rings. The van der Waals surface area contributed by atoms with E-state index >= 15 is 0 Å². The molecule has 0 bridgehead atoms. The standard InChI is InChI=1S/C17H19F2N/c1-11(2)20-10-13-6-4-5-7-14(13)15-9-8-12(3)16(18)17(15)19/h4-9,11,20H,10H2,1-3H3. The zero-order chi connectivity index (χ0) is 14.7. The lowest BCUT2D eigenvalue weighted by atomic mass is 9.97. The summed E-state index contributed by atoms with van der Waals surface area (Å²) in [5.41, 5.74) is 2.33. The highest BCUT2D eigenvalue weighted by molar-refractivity contribution is 5.68. The molecule has 2 rings (SSSR count). The van der Waals surface area contributed by atoms with E-state index in [2.05, 4.69) is 19.2 Å². The molecule has 0 radical (unpaired) electrons. The summed E-state index contributed by atoms with van der Waals surface area (Å²) in [6.07, 6.45) is 0. The van der Waals surface area contributed by atoms with Crippen molar-refractivity contribution in [2.24, 2.45) is 0 Å². The summed E-state index contributed by atoms with van der Waals surface area (Å²) in [7, 11) is 0. The fraction of sp³-hybridized carbons (Fsp3) is 0.294. The Labute approximate surface area is 118 Å². The predicted molar refractivity (Wildman–Crippen MR) is 78.5 cm³/mol. The van der Waals surface area contributed by atoms with E-state index < -0.39 is 11.6 Å². The maximum atomic E-state index is 14.1. The molecule has 0 atom stereocenters. The summed E-state index contributed by atoms with van der Waals surface area (Å²) in [4.78, 5) is 0. The maximum Gasteiger partial charge on any atom is 0.166 e. The highest BCUT2D eigenvalue weighted by Gasteiger charge is 2.14. The van der Waals surface area contributed by atoms with Gasteiger partial charge in [-0.1, -0.05) is 50.2 Å². The van der Waals surface area contributed by atoms with Gasteiger partial charge in [-0.25, -0.2) is 8.78 Å². The Bertz CT molecular complexity index is 606.